The van der Waals surface area contributed by atoms with E-state index in [9.17, 15) is 4.79 Å². The summed E-state index contributed by atoms with van der Waals surface area (Å²) in [5.74, 6) is 0.974. The topological polar surface area (TPSA) is 33.2 Å². The summed E-state index contributed by atoms with van der Waals surface area (Å²) in [7, 11) is 0. The third-order valence-electron chi connectivity index (χ3n) is 3.58. The molecule has 1 amide bonds. The molecular weight excluding hydrogens is 244 g/mol. The van der Waals surface area contributed by atoms with Gasteiger partial charge in [0.2, 0.25) is 5.91 Å². The van der Waals surface area contributed by atoms with Gasteiger partial charge in [-0.15, -0.1) is 11.3 Å². The van der Waals surface area contributed by atoms with Gasteiger partial charge in [0.25, 0.3) is 0 Å². The molecule has 18 heavy (non-hydrogen) atoms. The summed E-state index contributed by atoms with van der Waals surface area (Å²) in [5, 5.41) is 3.43. The van der Waals surface area contributed by atoms with Crippen molar-refractivity contribution in [3.8, 4) is 0 Å². The zero-order valence-electron chi connectivity index (χ0n) is 11.5. The molecule has 0 bridgehead atoms. The Morgan fingerprint density at radius 3 is 2.67 bits per heavy atom. The van der Waals surface area contributed by atoms with Gasteiger partial charge in [0.1, 0.15) is 0 Å². The molecule has 0 saturated carbocycles. The largest absolute Gasteiger partial charge is 0.342 e. The van der Waals surface area contributed by atoms with Crippen LogP contribution in [0.4, 0.5) is 0 Å². The molecular formula is C14H22N2OS. The van der Waals surface area contributed by atoms with E-state index in [2.05, 4.69) is 17.3 Å². The molecule has 0 N–H and O–H groups in total. The molecule has 1 aliphatic rings. The van der Waals surface area contributed by atoms with Crippen molar-refractivity contribution in [2.45, 2.75) is 46.0 Å². The van der Waals surface area contributed by atoms with Gasteiger partial charge in [-0.2, -0.15) is 0 Å². The van der Waals surface area contributed by atoms with E-state index in [4.69, 9.17) is 0 Å². The molecule has 1 aromatic rings. The van der Waals surface area contributed by atoms with Crippen LogP contribution >= 0.6 is 11.3 Å². The molecule has 0 radical (unpaired) electrons. The van der Waals surface area contributed by atoms with E-state index >= 15 is 0 Å². The Morgan fingerprint density at radius 2 is 2.17 bits per heavy atom. The monoisotopic (exact) mass is 266 g/mol. The van der Waals surface area contributed by atoms with E-state index < -0.39 is 0 Å². The third kappa shape index (κ3) is 2.91. The molecule has 2 heterocycles. The fraction of sp³-hybridized carbons (Fsp3) is 0.714. The normalized spacial score (nSPS) is 17.4. The summed E-state index contributed by atoms with van der Waals surface area (Å²) in [5.41, 5.74) is 1.20. The lowest BCUT2D eigenvalue weighted by atomic mass is 9.96. The van der Waals surface area contributed by atoms with E-state index in [0.29, 0.717) is 11.8 Å². The van der Waals surface area contributed by atoms with Gasteiger partial charge in [-0.3, -0.25) is 4.79 Å². The predicted molar refractivity (Wildman–Crippen MR) is 74.9 cm³/mol. The highest BCUT2D eigenvalue weighted by atomic mass is 32.1. The molecule has 0 aliphatic carbocycles. The Hall–Kier alpha value is -0.900. The van der Waals surface area contributed by atoms with Crippen LogP contribution < -0.4 is 0 Å². The van der Waals surface area contributed by atoms with Crippen LogP contribution in [0.5, 0.6) is 0 Å². The minimum Gasteiger partial charge on any atom is -0.342 e. The summed E-state index contributed by atoms with van der Waals surface area (Å²) in [6, 6.07) is 0. The van der Waals surface area contributed by atoms with Gasteiger partial charge in [0.15, 0.2) is 0 Å². The first-order valence-electron chi connectivity index (χ1n) is 6.85. The van der Waals surface area contributed by atoms with Gasteiger partial charge in [0, 0.05) is 30.3 Å². The maximum absolute atomic E-state index is 11.9. The molecule has 3 nitrogen and oxygen atoms in total. The van der Waals surface area contributed by atoms with Crippen LogP contribution in [0, 0.1) is 5.92 Å². The second kappa shape index (κ2) is 5.83. The minimum absolute atomic E-state index is 0.119. The molecule has 0 aromatic carbocycles. The second-order valence-electron chi connectivity index (χ2n) is 5.28. The summed E-state index contributed by atoms with van der Waals surface area (Å²) in [6.07, 6.45) is 3.14. The molecule has 1 aliphatic heterocycles. The van der Waals surface area contributed by atoms with E-state index in [1.165, 1.54) is 10.7 Å². The SMILES string of the molecule is CCc1csc(C2CCN(C(=O)C(C)C)CC2)n1. The van der Waals surface area contributed by atoms with Crippen molar-refractivity contribution >= 4 is 17.2 Å². The number of carbonyl (C=O) groups is 1. The van der Waals surface area contributed by atoms with Crippen molar-refractivity contribution in [2.75, 3.05) is 13.1 Å². The number of hydrogen-bond acceptors (Lipinski definition) is 3. The predicted octanol–water partition coefficient (Wildman–Crippen LogP) is 3.07. The summed E-state index contributed by atoms with van der Waals surface area (Å²) >= 11 is 1.78. The highest BCUT2D eigenvalue weighted by molar-refractivity contribution is 7.09. The zero-order valence-corrected chi connectivity index (χ0v) is 12.3. The Bertz CT molecular complexity index is 406. The lowest BCUT2D eigenvalue weighted by Gasteiger charge is -2.32. The fourth-order valence-electron chi connectivity index (χ4n) is 2.38. The van der Waals surface area contributed by atoms with Gasteiger partial charge in [-0.1, -0.05) is 20.8 Å². The number of aryl methyl sites for hydroxylation is 1. The zero-order chi connectivity index (χ0) is 13.1. The Labute approximate surface area is 113 Å². The summed E-state index contributed by atoms with van der Waals surface area (Å²) < 4.78 is 0. The number of amides is 1. The summed E-state index contributed by atoms with van der Waals surface area (Å²) in [6.45, 7) is 7.87. The third-order valence-corrected chi connectivity index (χ3v) is 4.64. The van der Waals surface area contributed by atoms with Gasteiger partial charge in [0.05, 0.1) is 10.7 Å². The number of rotatable bonds is 3. The number of nitrogens with zero attached hydrogens (tertiary/aromatic N) is 2. The van der Waals surface area contributed by atoms with E-state index in [0.717, 1.165) is 32.4 Å². The van der Waals surface area contributed by atoms with E-state index in [1.54, 1.807) is 11.3 Å². The van der Waals surface area contributed by atoms with Crippen molar-refractivity contribution in [3.05, 3.63) is 16.1 Å². The highest BCUT2D eigenvalue weighted by Crippen LogP contribution is 2.30. The molecule has 1 saturated heterocycles. The first-order chi connectivity index (χ1) is 8.61. The summed E-state index contributed by atoms with van der Waals surface area (Å²) in [4.78, 5) is 18.6. The lowest BCUT2D eigenvalue weighted by molar-refractivity contribution is -0.135. The molecule has 100 valence electrons. The average molecular weight is 266 g/mol. The first kappa shape index (κ1) is 13.5. The number of carbonyl (C=O) groups excluding carboxylic acids is 1. The number of thiazole rings is 1. The van der Waals surface area contributed by atoms with Crippen LogP contribution in [-0.4, -0.2) is 28.9 Å². The van der Waals surface area contributed by atoms with Crippen molar-refractivity contribution < 1.29 is 4.79 Å². The quantitative estimate of drug-likeness (QED) is 0.842. The van der Waals surface area contributed by atoms with Crippen molar-refractivity contribution in [3.63, 3.8) is 0 Å². The standard InChI is InChI=1S/C14H22N2OS/c1-4-12-9-18-13(15-12)11-5-7-16(8-6-11)14(17)10(2)3/h9-11H,4-8H2,1-3H3. The average Bonchev–Trinajstić information content (AvgIpc) is 2.86. The van der Waals surface area contributed by atoms with Crippen LogP contribution in [0.2, 0.25) is 0 Å². The van der Waals surface area contributed by atoms with Crippen LogP contribution in [-0.2, 0) is 11.2 Å². The lowest BCUT2D eigenvalue weighted by Crippen LogP contribution is -2.40. The molecule has 0 unspecified atom stereocenters. The van der Waals surface area contributed by atoms with Crippen LogP contribution in [0.1, 0.15) is 50.2 Å². The number of aromatic nitrogens is 1. The van der Waals surface area contributed by atoms with Crippen LogP contribution in [0.15, 0.2) is 5.38 Å². The minimum atomic E-state index is 0.119. The molecule has 2 rings (SSSR count). The number of hydrogen-bond donors (Lipinski definition) is 0. The molecule has 1 aromatic heterocycles. The van der Waals surface area contributed by atoms with Gasteiger partial charge in [-0.05, 0) is 19.3 Å². The first-order valence-corrected chi connectivity index (χ1v) is 7.72. The highest BCUT2D eigenvalue weighted by Gasteiger charge is 2.26. The van der Waals surface area contributed by atoms with Gasteiger partial charge >= 0.3 is 0 Å². The van der Waals surface area contributed by atoms with Gasteiger partial charge in [-0.25, -0.2) is 4.98 Å². The number of piperidine rings is 1. The maximum Gasteiger partial charge on any atom is 0.225 e. The smallest absolute Gasteiger partial charge is 0.225 e. The molecule has 0 spiro atoms. The Balaban J connectivity index is 1.92. The van der Waals surface area contributed by atoms with Gasteiger partial charge < -0.3 is 4.90 Å². The Kier molecular flexibility index (Phi) is 4.38. The van der Waals surface area contributed by atoms with Crippen molar-refractivity contribution in [1.29, 1.82) is 0 Å². The molecule has 1 fully saturated rings. The van der Waals surface area contributed by atoms with Crippen LogP contribution in [0.25, 0.3) is 0 Å². The second-order valence-corrected chi connectivity index (χ2v) is 6.17. The molecule has 0 atom stereocenters. The Morgan fingerprint density at radius 1 is 1.50 bits per heavy atom. The van der Waals surface area contributed by atoms with E-state index in [-0.39, 0.29) is 5.92 Å². The molecule has 4 heteroatoms. The van der Waals surface area contributed by atoms with Crippen molar-refractivity contribution in [2.24, 2.45) is 5.92 Å². The van der Waals surface area contributed by atoms with E-state index in [1.807, 2.05) is 18.7 Å². The van der Waals surface area contributed by atoms with Crippen LogP contribution in [0.3, 0.4) is 0 Å². The fourth-order valence-corrected chi connectivity index (χ4v) is 3.46. The number of likely N-dealkylation sites (tertiary alicyclic amines) is 1. The maximum atomic E-state index is 11.9. The van der Waals surface area contributed by atoms with Crippen molar-refractivity contribution in [1.82, 2.24) is 9.88 Å².